The van der Waals surface area contributed by atoms with E-state index in [4.69, 9.17) is 18.9 Å². The lowest BCUT2D eigenvalue weighted by Gasteiger charge is -2.22. The molecule has 0 aliphatic rings. The molecule has 1 amide bonds. The fourth-order valence-electron chi connectivity index (χ4n) is 3.85. The first-order valence-corrected chi connectivity index (χ1v) is 13.2. The van der Waals surface area contributed by atoms with E-state index in [1.54, 1.807) is 24.0 Å². The van der Waals surface area contributed by atoms with Gasteiger partial charge in [-0.3, -0.25) is 0 Å². The maximum absolute atomic E-state index is 12.8. The Morgan fingerprint density at radius 1 is 0.795 bits per heavy atom. The van der Waals surface area contributed by atoms with Gasteiger partial charge in [0.05, 0.1) is 13.2 Å². The fraction of sp³-hybridized carbons (Fsp3) is 0.355. The molecule has 8 heteroatoms. The minimum atomic E-state index is -0.984. The number of ether oxygens (including phenoxy) is 4. The number of carbonyl (C=O) groups excluding carboxylic acids is 1. The third-order valence-electron chi connectivity index (χ3n) is 5.91. The van der Waals surface area contributed by atoms with Crippen molar-refractivity contribution in [1.82, 2.24) is 4.90 Å². The number of carboxylic acid groups (broad SMARTS) is 1. The zero-order valence-electron chi connectivity index (χ0n) is 22.4. The van der Waals surface area contributed by atoms with Gasteiger partial charge in [-0.1, -0.05) is 72.8 Å². The van der Waals surface area contributed by atoms with E-state index in [2.05, 4.69) is 0 Å². The van der Waals surface area contributed by atoms with Crippen LogP contribution in [-0.4, -0.2) is 61.1 Å². The van der Waals surface area contributed by atoms with E-state index < -0.39 is 18.2 Å². The summed E-state index contributed by atoms with van der Waals surface area (Å²) in [5.74, 6) is -0.354. The number of aliphatic carboxylic acids is 1. The molecule has 39 heavy (non-hydrogen) atoms. The zero-order valence-corrected chi connectivity index (χ0v) is 22.4. The quantitative estimate of drug-likeness (QED) is 0.233. The average Bonchev–Trinajstić information content (AvgIpc) is 2.96. The van der Waals surface area contributed by atoms with Crippen LogP contribution in [0.4, 0.5) is 4.79 Å². The van der Waals surface area contributed by atoms with E-state index in [0.717, 1.165) is 16.7 Å². The van der Waals surface area contributed by atoms with Gasteiger partial charge >= 0.3 is 12.1 Å². The minimum absolute atomic E-state index is 0.197. The van der Waals surface area contributed by atoms with Crippen LogP contribution in [0.25, 0.3) is 0 Å². The molecule has 0 bridgehead atoms. The second-order valence-corrected chi connectivity index (χ2v) is 8.90. The number of carboxylic acids is 1. The molecule has 3 aromatic rings. The molecule has 3 aromatic carbocycles. The molecule has 0 spiro atoms. The van der Waals surface area contributed by atoms with E-state index in [-0.39, 0.29) is 19.6 Å². The van der Waals surface area contributed by atoms with Crippen molar-refractivity contribution >= 4 is 12.1 Å². The summed E-state index contributed by atoms with van der Waals surface area (Å²) in [4.78, 5) is 25.8. The third kappa shape index (κ3) is 11.2. The minimum Gasteiger partial charge on any atom is -0.492 e. The van der Waals surface area contributed by atoms with E-state index in [1.165, 1.54) is 0 Å². The van der Waals surface area contributed by atoms with Crippen LogP contribution in [0.5, 0.6) is 5.75 Å². The molecule has 0 fully saturated rings. The Hall–Kier alpha value is -3.88. The monoisotopic (exact) mass is 535 g/mol. The zero-order chi connectivity index (χ0) is 27.7. The molecule has 0 aliphatic heterocycles. The van der Waals surface area contributed by atoms with Crippen LogP contribution < -0.4 is 4.74 Å². The number of amides is 1. The Labute approximate surface area is 230 Å². The highest BCUT2D eigenvalue weighted by atomic mass is 16.6. The first-order chi connectivity index (χ1) is 19.0. The van der Waals surface area contributed by atoms with E-state index >= 15 is 0 Å². The van der Waals surface area contributed by atoms with Gasteiger partial charge in [-0.25, -0.2) is 9.59 Å². The van der Waals surface area contributed by atoms with Crippen LogP contribution in [-0.2, 0) is 38.6 Å². The molecule has 0 saturated carbocycles. The topological polar surface area (TPSA) is 94.5 Å². The van der Waals surface area contributed by atoms with Crippen molar-refractivity contribution in [3.63, 3.8) is 0 Å². The first-order valence-electron chi connectivity index (χ1n) is 13.2. The van der Waals surface area contributed by atoms with Crippen molar-refractivity contribution in [3.8, 4) is 5.75 Å². The summed E-state index contributed by atoms with van der Waals surface area (Å²) in [6.07, 6.45) is -0.353. The van der Waals surface area contributed by atoms with E-state index in [9.17, 15) is 14.7 Å². The van der Waals surface area contributed by atoms with Crippen LogP contribution in [0, 0.1) is 0 Å². The predicted octanol–water partition coefficient (Wildman–Crippen LogP) is 5.34. The molecule has 208 valence electrons. The molecule has 0 radical (unpaired) electrons. The van der Waals surface area contributed by atoms with Gasteiger partial charge in [-0.2, -0.15) is 0 Å². The SMILES string of the molecule is CCOC(Cc1ccc(OCCN(CCCOCc2ccccc2)C(=O)OCc2ccccc2)cc1)C(=O)O. The summed E-state index contributed by atoms with van der Waals surface area (Å²) in [7, 11) is 0. The molecule has 0 heterocycles. The molecule has 8 nitrogen and oxygen atoms in total. The summed E-state index contributed by atoms with van der Waals surface area (Å²) in [5.41, 5.74) is 2.86. The second-order valence-electron chi connectivity index (χ2n) is 8.90. The maximum atomic E-state index is 12.8. The molecule has 0 aromatic heterocycles. The van der Waals surface area contributed by atoms with Crippen LogP contribution in [0.1, 0.15) is 30.0 Å². The van der Waals surface area contributed by atoms with Crippen molar-refractivity contribution < 1.29 is 33.6 Å². The first kappa shape index (κ1) is 29.7. The number of benzene rings is 3. The maximum Gasteiger partial charge on any atom is 0.410 e. The van der Waals surface area contributed by atoms with Gasteiger partial charge in [0, 0.05) is 26.2 Å². The summed E-state index contributed by atoms with van der Waals surface area (Å²) < 4.78 is 22.4. The highest BCUT2D eigenvalue weighted by Gasteiger charge is 2.18. The fourth-order valence-corrected chi connectivity index (χ4v) is 3.85. The van der Waals surface area contributed by atoms with Crippen LogP contribution in [0.15, 0.2) is 84.9 Å². The Kier molecular flexibility index (Phi) is 12.8. The Morgan fingerprint density at radius 2 is 1.44 bits per heavy atom. The summed E-state index contributed by atoms with van der Waals surface area (Å²) in [6.45, 7) is 4.43. The van der Waals surface area contributed by atoms with Gasteiger partial charge < -0.3 is 29.0 Å². The number of rotatable bonds is 17. The number of nitrogens with zero attached hydrogens (tertiary/aromatic N) is 1. The van der Waals surface area contributed by atoms with Gasteiger partial charge in [-0.05, 0) is 42.2 Å². The Morgan fingerprint density at radius 3 is 2.05 bits per heavy atom. The van der Waals surface area contributed by atoms with Gasteiger partial charge in [0.15, 0.2) is 6.10 Å². The van der Waals surface area contributed by atoms with Crippen LogP contribution in [0.2, 0.25) is 0 Å². The smallest absolute Gasteiger partial charge is 0.410 e. The van der Waals surface area contributed by atoms with Gasteiger partial charge in [-0.15, -0.1) is 0 Å². The van der Waals surface area contributed by atoms with E-state index in [1.807, 2.05) is 72.8 Å². The van der Waals surface area contributed by atoms with Crippen LogP contribution >= 0.6 is 0 Å². The lowest BCUT2D eigenvalue weighted by atomic mass is 10.1. The largest absolute Gasteiger partial charge is 0.492 e. The summed E-state index contributed by atoms with van der Waals surface area (Å²) in [6, 6.07) is 26.7. The van der Waals surface area contributed by atoms with Gasteiger partial charge in [0.25, 0.3) is 0 Å². The van der Waals surface area contributed by atoms with Crippen molar-refractivity contribution in [3.05, 3.63) is 102 Å². The molecule has 3 rings (SSSR count). The second kappa shape index (κ2) is 16.9. The van der Waals surface area contributed by atoms with Crippen LogP contribution in [0.3, 0.4) is 0 Å². The van der Waals surface area contributed by atoms with Gasteiger partial charge in [0.1, 0.15) is 19.0 Å². The van der Waals surface area contributed by atoms with Crippen molar-refractivity contribution in [2.45, 2.75) is 39.1 Å². The van der Waals surface area contributed by atoms with Crippen molar-refractivity contribution in [2.24, 2.45) is 0 Å². The molecule has 1 N–H and O–H groups in total. The number of hydrogen-bond acceptors (Lipinski definition) is 6. The number of carbonyl (C=O) groups is 2. The lowest BCUT2D eigenvalue weighted by Crippen LogP contribution is -2.36. The average molecular weight is 536 g/mol. The Balaban J connectivity index is 1.48. The molecule has 1 unspecified atom stereocenters. The molecule has 0 saturated heterocycles. The third-order valence-corrected chi connectivity index (χ3v) is 5.91. The number of hydrogen-bond donors (Lipinski definition) is 1. The molecular formula is C31H37NO7. The normalized spacial score (nSPS) is 11.5. The molecular weight excluding hydrogens is 498 g/mol. The summed E-state index contributed by atoms with van der Waals surface area (Å²) >= 11 is 0. The van der Waals surface area contributed by atoms with Gasteiger partial charge in [0.2, 0.25) is 0 Å². The highest BCUT2D eigenvalue weighted by Crippen LogP contribution is 2.15. The van der Waals surface area contributed by atoms with Crippen molar-refractivity contribution in [2.75, 3.05) is 32.9 Å². The predicted molar refractivity (Wildman–Crippen MR) is 148 cm³/mol. The van der Waals surface area contributed by atoms with E-state index in [0.29, 0.717) is 45.1 Å². The summed E-state index contributed by atoms with van der Waals surface area (Å²) in [5, 5.41) is 9.28. The molecule has 0 aliphatic carbocycles. The Bertz CT molecular complexity index is 1110. The molecule has 1 atom stereocenters. The lowest BCUT2D eigenvalue weighted by molar-refractivity contribution is -0.149. The van der Waals surface area contributed by atoms with Crippen molar-refractivity contribution in [1.29, 1.82) is 0 Å². The highest BCUT2D eigenvalue weighted by molar-refractivity contribution is 5.72. The standard InChI is InChI=1S/C31H37NO7/c1-2-37-29(30(33)34)22-25-14-16-28(17-15-25)38-21-19-32(31(35)39-24-27-12-7-4-8-13-27)18-9-20-36-23-26-10-5-3-6-11-26/h3-8,10-17,29H,2,9,18-24H2,1H3,(H,33,34).